The molecule has 2 atom stereocenters. The van der Waals surface area contributed by atoms with Crippen LogP contribution in [0.15, 0.2) is 18.5 Å². The maximum atomic E-state index is 12.8. The maximum absolute atomic E-state index is 12.8. The number of aromatic nitrogens is 1. The number of carboxylic acids is 1. The first-order chi connectivity index (χ1) is 7.91. The number of nitrogens with one attached hydrogen (secondary N) is 1. The average Bonchev–Trinajstić information content (AvgIpc) is 2.24. The fourth-order valence-corrected chi connectivity index (χ4v) is 1.15. The van der Waals surface area contributed by atoms with E-state index in [0.717, 1.165) is 18.5 Å². The summed E-state index contributed by atoms with van der Waals surface area (Å²) in [5, 5.41) is 19.9. The predicted molar refractivity (Wildman–Crippen MR) is 54.8 cm³/mol. The van der Waals surface area contributed by atoms with Crippen LogP contribution in [0.5, 0.6) is 0 Å². The molecule has 0 bridgehead atoms. The van der Waals surface area contributed by atoms with Crippen molar-refractivity contribution in [3.05, 3.63) is 29.8 Å². The molecule has 0 saturated carbocycles. The number of aliphatic hydroxyl groups is 1. The third-order valence-corrected chi connectivity index (χ3v) is 2.00. The van der Waals surface area contributed by atoms with Crippen molar-refractivity contribution >= 4 is 11.9 Å². The van der Waals surface area contributed by atoms with Crippen LogP contribution < -0.4 is 5.32 Å². The van der Waals surface area contributed by atoms with E-state index in [4.69, 9.17) is 10.2 Å². The van der Waals surface area contributed by atoms with Crippen LogP contribution in [0, 0.1) is 5.82 Å². The molecule has 1 rings (SSSR count). The van der Waals surface area contributed by atoms with E-state index in [2.05, 4.69) is 10.3 Å². The SMILES string of the molecule is CC(O)C(NC(=O)c1cncc(F)c1)C(=O)O. The summed E-state index contributed by atoms with van der Waals surface area (Å²) in [6, 6.07) is -0.533. The highest BCUT2D eigenvalue weighted by atomic mass is 19.1. The smallest absolute Gasteiger partial charge is 0.328 e. The molecule has 0 aliphatic heterocycles. The van der Waals surface area contributed by atoms with Gasteiger partial charge in [0, 0.05) is 6.20 Å². The number of hydrogen-bond acceptors (Lipinski definition) is 4. The summed E-state index contributed by atoms with van der Waals surface area (Å²) < 4.78 is 12.8. The van der Waals surface area contributed by atoms with Crippen LogP contribution in [0.4, 0.5) is 4.39 Å². The number of halogens is 1. The third-order valence-electron chi connectivity index (χ3n) is 2.00. The molecule has 7 heteroatoms. The van der Waals surface area contributed by atoms with E-state index in [0.29, 0.717) is 0 Å². The first-order valence-electron chi connectivity index (χ1n) is 4.74. The number of aliphatic carboxylic acids is 1. The van der Waals surface area contributed by atoms with Crippen molar-refractivity contribution in [3.63, 3.8) is 0 Å². The lowest BCUT2D eigenvalue weighted by molar-refractivity contribution is -0.141. The second-order valence-electron chi connectivity index (χ2n) is 3.42. The normalized spacial score (nSPS) is 13.8. The van der Waals surface area contributed by atoms with Crippen molar-refractivity contribution in [2.45, 2.75) is 19.1 Å². The van der Waals surface area contributed by atoms with Crippen molar-refractivity contribution in [1.29, 1.82) is 0 Å². The first kappa shape index (κ1) is 13.0. The van der Waals surface area contributed by atoms with Gasteiger partial charge in [-0.3, -0.25) is 9.78 Å². The van der Waals surface area contributed by atoms with Gasteiger partial charge in [-0.05, 0) is 13.0 Å². The molecular formula is C10H11FN2O4. The van der Waals surface area contributed by atoms with Gasteiger partial charge >= 0.3 is 5.97 Å². The molecule has 1 heterocycles. The Bertz CT molecular complexity index is 436. The summed E-state index contributed by atoms with van der Waals surface area (Å²) in [5.41, 5.74) is -0.114. The molecule has 92 valence electrons. The van der Waals surface area contributed by atoms with Gasteiger partial charge < -0.3 is 15.5 Å². The Morgan fingerprint density at radius 3 is 2.59 bits per heavy atom. The Kier molecular flexibility index (Phi) is 4.11. The van der Waals surface area contributed by atoms with E-state index in [1.807, 2.05) is 0 Å². The van der Waals surface area contributed by atoms with Crippen molar-refractivity contribution < 1.29 is 24.2 Å². The Morgan fingerprint density at radius 2 is 2.12 bits per heavy atom. The number of nitrogens with zero attached hydrogens (tertiary/aromatic N) is 1. The van der Waals surface area contributed by atoms with Gasteiger partial charge in [0.2, 0.25) is 0 Å². The first-order valence-corrected chi connectivity index (χ1v) is 4.74. The molecule has 1 amide bonds. The third kappa shape index (κ3) is 3.49. The summed E-state index contributed by atoms with van der Waals surface area (Å²) >= 11 is 0. The van der Waals surface area contributed by atoms with E-state index in [1.54, 1.807) is 0 Å². The predicted octanol–water partition coefficient (Wildman–Crippen LogP) is -0.216. The van der Waals surface area contributed by atoms with Crippen molar-refractivity contribution in [3.8, 4) is 0 Å². The summed E-state index contributed by atoms with van der Waals surface area (Å²) in [6.45, 7) is 1.23. The van der Waals surface area contributed by atoms with Crippen LogP contribution in [0.3, 0.4) is 0 Å². The van der Waals surface area contributed by atoms with E-state index < -0.39 is 29.8 Å². The van der Waals surface area contributed by atoms with E-state index in [-0.39, 0.29) is 5.56 Å². The molecule has 0 radical (unpaired) electrons. The molecule has 0 aliphatic rings. The van der Waals surface area contributed by atoms with Crippen LogP contribution in [0.25, 0.3) is 0 Å². The van der Waals surface area contributed by atoms with Crippen LogP contribution >= 0.6 is 0 Å². The molecule has 3 N–H and O–H groups in total. The van der Waals surface area contributed by atoms with Crippen LogP contribution in [0.2, 0.25) is 0 Å². The van der Waals surface area contributed by atoms with Crippen LogP contribution in [-0.2, 0) is 4.79 Å². The minimum absolute atomic E-state index is 0.114. The molecule has 2 unspecified atom stereocenters. The monoisotopic (exact) mass is 242 g/mol. The molecule has 0 saturated heterocycles. The average molecular weight is 242 g/mol. The lowest BCUT2D eigenvalue weighted by atomic mass is 10.1. The van der Waals surface area contributed by atoms with Gasteiger partial charge in [0.25, 0.3) is 5.91 Å². The number of hydrogen-bond donors (Lipinski definition) is 3. The van der Waals surface area contributed by atoms with Crippen LogP contribution in [-0.4, -0.2) is 39.2 Å². The molecule has 0 aromatic carbocycles. The van der Waals surface area contributed by atoms with Gasteiger partial charge in [0.05, 0.1) is 17.9 Å². The minimum Gasteiger partial charge on any atom is -0.480 e. The molecule has 0 aliphatic carbocycles. The Morgan fingerprint density at radius 1 is 1.47 bits per heavy atom. The standard InChI is InChI=1S/C10H11FN2O4/c1-5(14)8(10(16)17)13-9(15)6-2-7(11)4-12-3-6/h2-5,8,14H,1H3,(H,13,15)(H,16,17). The summed E-state index contributed by atoms with van der Waals surface area (Å²) in [4.78, 5) is 25.7. The molecule has 0 spiro atoms. The zero-order valence-electron chi connectivity index (χ0n) is 8.92. The fourth-order valence-electron chi connectivity index (χ4n) is 1.15. The number of carbonyl (C=O) groups excluding carboxylic acids is 1. The summed E-state index contributed by atoms with van der Waals surface area (Å²) in [7, 11) is 0. The number of pyridine rings is 1. The highest BCUT2D eigenvalue weighted by molar-refractivity contribution is 5.96. The van der Waals surface area contributed by atoms with Gasteiger partial charge in [0.1, 0.15) is 5.82 Å². The second-order valence-corrected chi connectivity index (χ2v) is 3.42. The largest absolute Gasteiger partial charge is 0.480 e. The van der Waals surface area contributed by atoms with Gasteiger partial charge in [0.15, 0.2) is 6.04 Å². The van der Waals surface area contributed by atoms with Gasteiger partial charge in [-0.1, -0.05) is 0 Å². The van der Waals surface area contributed by atoms with Gasteiger partial charge in [-0.15, -0.1) is 0 Å². The van der Waals surface area contributed by atoms with E-state index >= 15 is 0 Å². The number of carboxylic acid groups (broad SMARTS) is 1. The Balaban J connectivity index is 2.81. The summed E-state index contributed by atoms with van der Waals surface area (Å²) in [6.07, 6.45) is 0.748. The van der Waals surface area contributed by atoms with E-state index in [1.165, 1.54) is 6.92 Å². The van der Waals surface area contributed by atoms with Crippen molar-refractivity contribution in [2.75, 3.05) is 0 Å². The number of rotatable bonds is 4. The van der Waals surface area contributed by atoms with Crippen molar-refractivity contribution in [2.24, 2.45) is 0 Å². The Hall–Kier alpha value is -2.02. The molecule has 1 aromatic rings. The Labute approximate surface area is 96.1 Å². The zero-order chi connectivity index (χ0) is 13.0. The topological polar surface area (TPSA) is 99.5 Å². The van der Waals surface area contributed by atoms with Crippen LogP contribution in [0.1, 0.15) is 17.3 Å². The molecule has 1 aromatic heterocycles. The zero-order valence-corrected chi connectivity index (χ0v) is 8.92. The quantitative estimate of drug-likeness (QED) is 0.678. The minimum atomic E-state index is -1.45. The van der Waals surface area contributed by atoms with Gasteiger partial charge in [-0.25, -0.2) is 9.18 Å². The maximum Gasteiger partial charge on any atom is 0.328 e. The lowest BCUT2D eigenvalue weighted by Gasteiger charge is -2.16. The highest BCUT2D eigenvalue weighted by Gasteiger charge is 2.25. The summed E-state index contributed by atoms with van der Waals surface area (Å²) in [5.74, 6) is -2.90. The van der Waals surface area contributed by atoms with Gasteiger partial charge in [-0.2, -0.15) is 0 Å². The number of amides is 1. The second kappa shape index (κ2) is 5.35. The molecule has 17 heavy (non-hydrogen) atoms. The highest BCUT2D eigenvalue weighted by Crippen LogP contribution is 2.02. The number of aliphatic hydroxyl groups excluding tert-OH is 1. The fraction of sp³-hybridized carbons (Fsp3) is 0.300. The van der Waals surface area contributed by atoms with E-state index in [9.17, 15) is 14.0 Å². The molecule has 6 nitrogen and oxygen atoms in total. The molecular weight excluding hydrogens is 231 g/mol. The molecule has 0 fully saturated rings. The lowest BCUT2D eigenvalue weighted by Crippen LogP contribution is -2.47. The number of carbonyl (C=O) groups is 2. The van der Waals surface area contributed by atoms with Crippen molar-refractivity contribution in [1.82, 2.24) is 10.3 Å².